The zero-order valence-corrected chi connectivity index (χ0v) is 15.0. The van der Waals surface area contributed by atoms with E-state index < -0.39 is 0 Å². The second-order valence-electron chi connectivity index (χ2n) is 7.31. The van der Waals surface area contributed by atoms with Crippen LogP contribution in [0.4, 0.5) is 0 Å². The van der Waals surface area contributed by atoms with Crippen molar-refractivity contribution < 1.29 is 9.59 Å². The number of rotatable bonds is 5. The highest BCUT2D eigenvalue weighted by molar-refractivity contribution is 5.81. The first kappa shape index (κ1) is 18.3. The molecule has 0 unspecified atom stereocenters. The average Bonchev–Trinajstić information content (AvgIpc) is 2.84. The summed E-state index contributed by atoms with van der Waals surface area (Å²) in [5.41, 5.74) is 0. The van der Waals surface area contributed by atoms with Gasteiger partial charge in [0.05, 0.1) is 0 Å². The predicted molar refractivity (Wildman–Crippen MR) is 93.0 cm³/mol. The monoisotopic (exact) mass is 322 g/mol. The van der Waals surface area contributed by atoms with E-state index in [4.69, 9.17) is 0 Å². The third-order valence-electron chi connectivity index (χ3n) is 5.71. The molecule has 1 saturated carbocycles. The molecule has 1 heterocycles. The molecule has 0 spiro atoms. The van der Waals surface area contributed by atoms with Gasteiger partial charge in [0.15, 0.2) is 0 Å². The fourth-order valence-corrected chi connectivity index (χ4v) is 4.00. The maximum Gasteiger partial charge on any atom is 0.225 e. The average molecular weight is 322 g/mol. The van der Waals surface area contributed by atoms with Gasteiger partial charge in [0, 0.05) is 31.0 Å². The van der Waals surface area contributed by atoms with E-state index >= 15 is 0 Å². The molecule has 1 aliphatic carbocycles. The van der Waals surface area contributed by atoms with Crippen LogP contribution in [-0.4, -0.2) is 35.8 Å². The van der Waals surface area contributed by atoms with E-state index in [1.54, 1.807) is 0 Å². The maximum atomic E-state index is 12.5. The Labute approximate surface area is 141 Å². The number of nitrogens with one attached hydrogen (secondary N) is 1. The fourth-order valence-electron chi connectivity index (χ4n) is 4.00. The van der Waals surface area contributed by atoms with E-state index in [2.05, 4.69) is 19.2 Å². The summed E-state index contributed by atoms with van der Waals surface area (Å²) in [6.45, 7) is 5.66. The number of carbonyl (C=O) groups excluding carboxylic acids is 2. The predicted octanol–water partition coefficient (Wildman–Crippen LogP) is 3.50. The van der Waals surface area contributed by atoms with Crippen molar-refractivity contribution in [3.63, 3.8) is 0 Å². The van der Waals surface area contributed by atoms with Gasteiger partial charge in [-0.15, -0.1) is 0 Å². The van der Waals surface area contributed by atoms with Crippen LogP contribution >= 0.6 is 0 Å². The van der Waals surface area contributed by atoms with Gasteiger partial charge in [0.2, 0.25) is 11.8 Å². The van der Waals surface area contributed by atoms with E-state index in [-0.39, 0.29) is 23.7 Å². The van der Waals surface area contributed by atoms with Crippen LogP contribution in [0.3, 0.4) is 0 Å². The van der Waals surface area contributed by atoms with Crippen molar-refractivity contribution in [3.8, 4) is 0 Å². The summed E-state index contributed by atoms with van der Waals surface area (Å²) >= 11 is 0. The van der Waals surface area contributed by atoms with E-state index in [1.807, 2.05) is 4.90 Å². The van der Waals surface area contributed by atoms with Gasteiger partial charge in [-0.05, 0) is 38.5 Å². The highest BCUT2D eigenvalue weighted by atomic mass is 16.2. The Bertz CT molecular complexity index is 377. The molecule has 0 aromatic rings. The number of nitrogens with zero attached hydrogens (tertiary/aromatic N) is 1. The summed E-state index contributed by atoms with van der Waals surface area (Å²) < 4.78 is 0. The number of hydrogen-bond acceptors (Lipinski definition) is 2. The lowest BCUT2D eigenvalue weighted by atomic mass is 9.93. The van der Waals surface area contributed by atoms with Crippen LogP contribution in [0, 0.1) is 11.8 Å². The SMILES string of the molecule is CCC(CC)C(=O)N1CCC(C(=O)NC2CCCCCC2)CC1. The number of carbonyl (C=O) groups is 2. The van der Waals surface area contributed by atoms with Crippen LogP contribution in [0.2, 0.25) is 0 Å². The Morgan fingerprint density at radius 2 is 1.52 bits per heavy atom. The van der Waals surface area contributed by atoms with Gasteiger partial charge in [0.25, 0.3) is 0 Å². The molecule has 4 heteroatoms. The summed E-state index contributed by atoms with van der Waals surface area (Å²) in [4.78, 5) is 26.9. The molecule has 1 saturated heterocycles. The molecule has 132 valence electrons. The molecule has 2 amide bonds. The molecule has 0 atom stereocenters. The number of hydrogen-bond donors (Lipinski definition) is 1. The van der Waals surface area contributed by atoms with E-state index in [0.717, 1.165) is 51.6 Å². The van der Waals surface area contributed by atoms with Crippen LogP contribution in [0.15, 0.2) is 0 Å². The lowest BCUT2D eigenvalue weighted by Gasteiger charge is -2.34. The minimum absolute atomic E-state index is 0.101. The smallest absolute Gasteiger partial charge is 0.225 e. The molecule has 0 aromatic carbocycles. The molecule has 1 aliphatic heterocycles. The summed E-state index contributed by atoms with van der Waals surface area (Å²) in [6.07, 6.45) is 10.9. The first-order valence-electron chi connectivity index (χ1n) is 9.74. The Morgan fingerprint density at radius 1 is 0.957 bits per heavy atom. The Hall–Kier alpha value is -1.06. The first-order chi connectivity index (χ1) is 11.2. The molecular formula is C19H34N2O2. The van der Waals surface area contributed by atoms with Gasteiger partial charge < -0.3 is 10.2 Å². The Morgan fingerprint density at radius 3 is 2.04 bits per heavy atom. The topological polar surface area (TPSA) is 49.4 Å². The van der Waals surface area contributed by atoms with Gasteiger partial charge in [-0.3, -0.25) is 9.59 Å². The van der Waals surface area contributed by atoms with Crippen LogP contribution in [-0.2, 0) is 9.59 Å². The highest BCUT2D eigenvalue weighted by Crippen LogP contribution is 2.23. The largest absolute Gasteiger partial charge is 0.353 e. The van der Waals surface area contributed by atoms with E-state index in [1.165, 1.54) is 25.7 Å². The molecule has 2 aliphatic rings. The van der Waals surface area contributed by atoms with Gasteiger partial charge in [-0.25, -0.2) is 0 Å². The van der Waals surface area contributed by atoms with E-state index in [0.29, 0.717) is 6.04 Å². The summed E-state index contributed by atoms with van der Waals surface area (Å²) in [5, 5.41) is 3.28. The zero-order valence-electron chi connectivity index (χ0n) is 15.0. The quantitative estimate of drug-likeness (QED) is 0.788. The normalized spacial score (nSPS) is 21.3. The molecular weight excluding hydrogens is 288 g/mol. The highest BCUT2D eigenvalue weighted by Gasteiger charge is 2.30. The van der Waals surface area contributed by atoms with Crippen LogP contribution in [0.5, 0.6) is 0 Å². The third-order valence-corrected chi connectivity index (χ3v) is 5.71. The van der Waals surface area contributed by atoms with Gasteiger partial charge in [-0.2, -0.15) is 0 Å². The van der Waals surface area contributed by atoms with Crippen molar-refractivity contribution in [2.45, 2.75) is 84.1 Å². The van der Waals surface area contributed by atoms with Crippen molar-refractivity contribution in [2.24, 2.45) is 11.8 Å². The molecule has 4 nitrogen and oxygen atoms in total. The zero-order chi connectivity index (χ0) is 16.7. The molecule has 0 bridgehead atoms. The lowest BCUT2D eigenvalue weighted by molar-refractivity contribution is -0.139. The number of piperidine rings is 1. The van der Waals surface area contributed by atoms with Crippen molar-refractivity contribution in [2.75, 3.05) is 13.1 Å². The van der Waals surface area contributed by atoms with Crippen molar-refractivity contribution >= 4 is 11.8 Å². The first-order valence-corrected chi connectivity index (χ1v) is 9.74. The number of likely N-dealkylation sites (tertiary alicyclic amines) is 1. The van der Waals surface area contributed by atoms with Crippen LogP contribution < -0.4 is 5.32 Å². The standard InChI is InChI=1S/C19H34N2O2/c1-3-15(4-2)19(23)21-13-11-16(12-14-21)18(22)20-17-9-7-5-6-8-10-17/h15-17H,3-14H2,1-2H3,(H,20,22). The molecule has 1 N–H and O–H groups in total. The maximum absolute atomic E-state index is 12.5. The minimum atomic E-state index is 0.101. The Balaban J connectivity index is 1.77. The molecule has 0 aromatic heterocycles. The summed E-state index contributed by atoms with van der Waals surface area (Å²) in [5.74, 6) is 0.777. The fraction of sp³-hybridized carbons (Fsp3) is 0.895. The van der Waals surface area contributed by atoms with Crippen molar-refractivity contribution in [1.82, 2.24) is 10.2 Å². The van der Waals surface area contributed by atoms with Crippen molar-refractivity contribution in [1.29, 1.82) is 0 Å². The molecule has 2 rings (SSSR count). The van der Waals surface area contributed by atoms with Gasteiger partial charge in [0.1, 0.15) is 0 Å². The second-order valence-corrected chi connectivity index (χ2v) is 7.31. The van der Waals surface area contributed by atoms with E-state index in [9.17, 15) is 9.59 Å². The molecule has 2 fully saturated rings. The second kappa shape index (κ2) is 9.29. The number of amides is 2. The molecule has 23 heavy (non-hydrogen) atoms. The third kappa shape index (κ3) is 5.22. The van der Waals surface area contributed by atoms with Gasteiger partial charge in [-0.1, -0.05) is 39.5 Å². The lowest BCUT2D eigenvalue weighted by Crippen LogP contribution is -2.46. The van der Waals surface area contributed by atoms with Crippen LogP contribution in [0.25, 0.3) is 0 Å². The Kier molecular flexibility index (Phi) is 7.38. The summed E-state index contributed by atoms with van der Waals surface area (Å²) in [7, 11) is 0. The minimum Gasteiger partial charge on any atom is -0.353 e. The van der Waals surface area contributed by atoms with Crippen LogP contribution in [0.1, 0.15) is 78.1 Å². The van der Waals surface area contributed by atoms with Gasteiger partial charge >= 0.3 is 0 Å². The summed E-state index contributed by atoms with van der Waals surface area (Å²) in [6, 6.07) is 0.384. The molecule has 0 radical (unpaired) electrons. The van der Waals surface area contributed by atoms with Crippen molar-refractivity contribution in [3.05, 3.63) is 0 Å².